The summed E-state index contributed by atoms with van der Waals surface area (Å²) in [5.41, 5.74) is 4.30. The van der Waals surface area contributed by atoms with E-state index in [2.05, 4.69) is 10.5 Å². The molecule has 0 aliphatic carbocycles. The van der Waals surface area contributed by atoms with E-state index in [0.717, 1.165) is 21.8 Å². The monoisotopic (exact) mass is 444 g/mol. The van der Waals surface area contributed by atoms with E-state index in [4.69, 9.17) is 27.9 Å². The molecule has 0 atom stereocenters. The van der Waals surface area contributed by atoms with Crippen LogP contribution in [-0.4, -0.2) is 17.9 Å². The Morgan fingerprint density at radius 3 is 2.45 bits per heavy atom. The van der Waals surface area contributed by atoms with E-state index in [1.807, 2.05) is 60.7 Å². The number of amides is 1. The standard InChI is InChI=1S/C22H18Cl2N2O2S/c23-18-7-11-20(12-8-18)29-15-22(27)26-25-13-16-5-9-19(10-6-16)28-14-17-3-1-2-4-21(17)24/h1-13H,14-15H2,(H,26,27)/b25-13-. The summed E-state index contributed by atoms with van der Waals surface area (Å²) < 4.78 is 5.74. The maximum absolute atomic E-state index is 11.9. The summed E-state index contributed by atoms with van der Waals surface area (Å²) in [5, 5.41) is 5.34. The molecule has 0 bridgehead atoms. The number of halogens is 2. The predicted molar refractivity (Wildman–Crippen MR) is 120 cm³/mol. The number of rotatable bonds is 8. The molecule has 0 aliphatic heterocycles. The smallest absolute Gasteiger partial charge is 0.250 e. The van der Waals surface area contributed by atoms with Gasteiger partial charge in [0.05, 0.1) is 12.0 Å². The molecule has 3 aromatic rings. The fraction of sp³-hybridized carbons (Fsp3) is 0.0909. The third-order valence-electron chi connectivity index (χ3n) is 3.82. The molecule has 0 spiro atoms. The Morgan fingerprint density at radius 2 is 1.72 bits per heavy atom. The van der Waals surface area contributed by atoms with E-state index < -0.39 is 0 Å². The number of carbonyl (C=O) groups excluding carboxylic acids is 1. The fourth-order valence-corrected chi connectivity index (χ4v) is 3.32. The zero-order chi connectivity index (χ0) is 20.5. The molecule has 0 fully saturated rings. The fourth-order valence-electron chi connectivity index (χ4n) is 2.32. The number of thioether (sulfide) groups is 1. The number of hydrogen-bond acceptors (Lipinski definition) is 4. The molecular formula is C22H18Cl2N2O2S. The maximum atomic E-state index is 11.9. The highest BCUT2D eigenvalue weighted by atomic mass is 35.5. The number of nitrogens with zero attached hydrogens (tertiary/aromatic N) is 1. The van der Waals surface area contributed by atoms with Gasteiger partial charge in [-0.1, -0.05) is 41.4 Å². The summed E-state index contributed by atoms with van der Waals surface area (Å²) in [6, 6.07) is 22.3. The Balaban J connectivity index is 1.42. The molecule has 3 rings (SSSR count). The van der Waals surface area contributed by atoms with Crippen LogP contribution in [0.3, 0.4) is 0 Å². The van der Waals surface area contributed by atoms with Gasteiger partial charge in [-0.05, 0) is 60.2 Å². The van der Waals surface area contributed by atoms with Crippen LogP contribution in [-0.2, 0) is 11.4 Å². The average Bonchev–Trinajstić information content (AvgIpc) is 2.74. The van der Waals surface area contributed by atoms with E-state index in [0.29, 0.717) is 16.7 Å². The van der Waals surface area contributed by atoms with Crippen LogP contribution in [0.15, 0.2) is 82.8 Å². The SMILES string of the molecule is O=C(CSc1ccc(Cl)cc1)N/N=C\c1ccc(OCc2ccccc2Cl)cc1. The van der Waals surface area contributed by atoms with E-state index in [1.165, 1.54) is 11.8 Å². The summed E-state index contributed by atoms with van der Waals surface area (Å²) in [5.74, 6) is 0.819. The molecule has 0 saturated carbocycles. The molecule has 148 valence electrons. The summed E-state index contributed by atoms with van der Waals surface area (Å²) in [7, 11) is 0. The first-order valence-electron chi connectivity index (χ1n) is 8.77. The van der Waals surface area contributed by atoms with Crippen LogP contribution in [0.1, 0.15) is 11.1 Å². The molecule has 4 nitrogen and oxygen atoms in total. The average molecular weight is 445 g/mol. The summed E-state index contributed by atoms with van der Waals surface area (Å²) in [6.45, 7) is 0.397. The Hall–Kier alpha value is -2.47. The molecule has 0 saturated heterocycles. The normalized spacial score (nSPS) is 10.8. The number of ether oxygens (including phenoxy) is 1. The van der Waals surface area contributed by atoms with Gasteiger partial charge in [0.2, 0.25) is 5.91 Å². The van der Waals surface area contributed by atoms with Gasteiger partial charge in [0.1, 0.15) is 12.4 Å². The van der Waals surface area contributed by atoms with Crippen molar-refractivity contribution in [3.63, 3.8) is 0 Å². The number of benzene rings is 3. The van der Waals surface area contributed by atoms with Gasteiger partial charge in [0.15, 0.2) is 0 Å². The molecule has 0 aliphatic rings. The van der Waals surface area contributed by atoms with E-state index in [-0.39, 0.29) is 11.7 Å². The van der Waals surface area contributed by atoms with Gasteiger partial charge in [0.25, 0.3) is 0 Å². The quantitative estimate of drug-likeness (QED) is 0.270. The van der Waals surface area contributed by atoms with Crippen LogP contribution in [0.4, 0.5) is 0 Å². The molecule has 1 N–H and O–H groups in total. The van der Waals surface area contributed by atoms with Gasteiger partial charge in [0, 0.05) is 20.5 Å². The van der Waals surface area contributed by atoms with Crippen molar-refractivity contribution in [1.82, 2.24) is 5.43 Å². The second kappa shape index (κ2) is 10.9. The minimum atomic E-state index is -0.180. The van der Waals surface area contributed by atoms with Crippen molar-refractivity contribution < 1.29 is 9.53 Å². The molecule has 0 radical (unpaired) electrons. The number of nitrogens with one attached hydrogen (secondary N) is 1. The second-order valence-electron chi connectivity index (χ2n) is 5.98. The first-order chi connectivity index (χ1) is 14.1. The van der Waals surface area contributed by atoms with Crippen LogP contribution in [0.25, 0.3) is 0 Å². The zero-order valence-electron chi connectivity index (χ0n) is 15.3. The molecule has 0 unspecified atom stereocenters. The molecule has 0 aromatic heterocycles. The minimum Gasteiger partial charge on any atom is -0.489 e. The molecule has 3 aromatic carbocycles. The van der Waals surface area contributed by atoms with Crippen LogP contribution < -0.4 is 10.2 Å². The van der Waals surface area contributed by atoms with Gasteiger partial charge in [-0.15, -0.1) is 11.8 Å². The van der Waals surface area contributed by atoms with Crippen molar-refractivity contribution in [2.45, 2.75) is 11.5 Å². The molecule has 7 heteroatoms. The predicted octanol–water partition coefficient (Wildman–Crippen LogP) is 5.81. The van der Waals surface area contributed by atoms with Crippen molar-refractivity contribution in [2.75, 3.05) is 5.75 Å². The third kappa shape index (κ3) is 7.13. The Kier molecular flexibility index (Phi) is 7.99. The molecule has 0 heterocycles. The highest BCUT2D eigenvalue weighted by Crippen LogP contribution is 2.20. The Labute approximate surface area is 183 Å². The van der Waals surface area contributed by atoms with E-state index in [9.17, 15) is 4.79 Å². The zero-order valence-corrected chi connectivity index (χ0v) is 17.7. The van der Waals surface area contributed by atoms with Gasteiger partial charge >= 0.3 is 0 Å². The number of hydrogen-bond donors (Lipinski definition) is 1. The molecule has 29 heavy (non-hydrogen) atoms. The van der Waals surface area contributed by atoms with Gasteiger partial charge < -0.3 is 4.74 Å². The topological polar surface area (TPSA) is 50.7 Å². The van der Waals surface area contributed by atoms with Crippen molar-refractivity contribution in [3.05, 3.63) is 94.0 Å². The van der Waals surface area contributed by atoms with Crippen molar-refractivity contribution >= 4 is 47.1 Å². The highest BCUT2D eigenvalue weighted by Gasteiger charge is 2.02. The summed E-state index contributed by atoms with van der Waals surface area (Å²) >= 11 is 13.4. The van der Waals surface area contributed by atoms with Gasteiger partial charge in [-0.25, -0.2) is 5.43 Å². The van der Waals surface area contributed by atoms with Crippen LogP contribution in [0.2, 0.25) is 10.0 Å². The van der Waals surface area contributed by atoms with Gasteiger partial charge in [-0.3, -0.25) is 4.79 Å². The highest BCUT2D eigenvalue weighted by molar-refractivity contribution is 8.00. The minimum absolute atomic E-state index is 0.180. The van der Waals surface area contributed by atoms with Crippen molar-refractivity contribution in [2.24, 2.45) is 5.10 Å². The lowest BCUT2D eigenvalue weighted by Crippen LogP contribution is -2.19. The summed E-state index contributed by atoms with van der Waals surface area (Å²) in [6.07, 6.45) is 1.59. The number of hydrazone groups is 1. The first-order valence-corrected chi connectivity index (χ1v) is 10.5. The van der Waals surface area contributed by atoms with Crippen molar-refractivity contribution in [1.29, 1.82) is 0 Å². The lowest BCUT2D eigenvalue weighted by Gasteiger charge is -2.07. The molecular weight excluding hydrogens is 427 g/mol. The second-order valence-corrected chi connectivity index (χ2v) is 7.88. The first kappa shape index (κ1) is 21.2. The van der Waals surface area contributed by atoms with Crippen LogP contribution >= 0.6 is 35.0 Å². The third-order valence-corrected chi connectivity index (χ3v) is 5.45. The lowest BCUT2D eigenvalue weighted by atomic mass is 10.2. The summed E-state index contributed by atoms with van der Waals surface area (Å²) in [4.78, 5) is 12.8. The van der Waals surface area contributed by atoms with E-state index >= 15 is 0 Å². The Morgan fingerprint density at radius 1 is 1.00 bits per heavy atom. The van der Waals surface area contributed by atoms with Crippen LogP contribution in [0.5, 0.6) is 5.75 Å². The van der Waals surface area contributed by atoms with Gasteiger partial charge in [-0.2, -0.15) is 5.10 Å². The maximum Gasteiger partial charge on any atom is 0.250 e. The Bertz CT molecular complexity index is 977. The largest absolute Gasteiger partial charge is 0.489 e. The lowest BCUT2D eigenvalue weighted by molar-refractivity contribution is -0.118. The number of carbonyl (C=O) groups is 1. The van der Waals surface area contributed by atoms with Crippen molar-refractivity contribution in [3.8, 4) is 5.75 Å². The van der Waals surface area contributed by atoms with Crippen LogP contribution in [0, 0.1) is 0 Å². The molecule has 1 amide bonds. The van der Waals surface area contributed by atoms with E-state index in [1.54, 1.807) is 18.3 Å².